The number of anilines is 1. The lowest BCUT2D eigenvalue weighted by molar-refractivity contribution is 0.0609. The Labute approximate surface area is 125 Å². The minimum atomic E-state index is -0.0758. The molecule has 1 aliphatic heterocycles. The van der Waals surface area contributed by atoms with Gasteiger partial charge in [-0.15, -0.1) is 0 Å². The summed E-state index contributed by atoms with van der Waals surface area (Å²) in [6.07, 6.45) is 4.14. The van der Waals surface area contributed by atoms with Gasteiger partial charge < -0.3 is 15.3 Å². The number of rotatable bonds is 6. The summed E-state index contributed by atoms with van der Waals surface area (Å²) >= 11 is 0. The van der Waals surface area contributed by atoms with Gasteiger partial charge in [-0.2, -0.15) is 0 Å². The van der Waals surface area contributed by atoms with E-state index in [2.05, 4.69) is 27.1 Å². The molecule has 2 rings (SSSR count). The summed E-state index contributed by atoms with van der Waals surface area (Å²) < 4.78 is 0. The van der Waals surface area contributed by atoms with E-state index in [0.29, 0.717) is 31.1 Å². The van der Waals surface area contributed by atoms with Crippen molar-refractivity contribution < 1.29 is 9.90 Å². The predicted molar refractivity (Wildman–Crippen MR) is 80.2 cm³/mol. The quantitative estimate of drug-likeness (QED) is 0.771. The van der Waals surface area contributed by atoms with Gasteiger partial charge in [0, 0.05) is 39.3 Å². The fourth-order valence-electron chi connectivity index (χ4n) is 2.26. The number of carbonyl (C=O) groups is 1. The average Bonchev–Trinajstić information content (AvgIpc) is 2.54. The molecule has 1 amide bonds. The molecule has 21 heavy (non-hydrogen) atoms. The van der Waals surface area contributed by atoms with Crippen LogP contribution in [0.5, 0.6) is 0 Å². The van der Waals surface area contributed by atoms with Gasteiger partial charge in [-0.25, -0.2) is 9.97 Å². The lowest BCUT2D eigenvalue weighted by Gasteiger charge is -2.34. The Morgan fingerprint density at radius 1 is 1.29 bits per heavy atom. The van der Waals surface area contributed by atoms with Crippen LogP contribution in [0, 0.1) is 0 Å². The van der Waals surface area contributed by atoms with E-state index in [0.717, 1.165) is 26.1 Å². The molecule has 7 nitrogen and oxygen atoms in total. The van der Waals surface area contributed by atoms with Crippen molar-refractivity contribution in [1.29, 1.82) is 0 Å². The van der Waals surface area contributed by atoms with Crippen molar-refractivity contribution in [3.63, 3.8) is 0 Å². The van der Waals surface area contributed by atoms with Gasteiger partial charge in [0.25, 0.3) is 5.91 Å². The lowest BCUT2D eigenvalue weighted by atomic mass is 10.3. The van der Waals surface area contributed by atoms with Gasteiger partial charge in [0.1, 0.15) is 11.5 Å². The molecule has 0 saturated carbocycles. The first-order valence-corrected chi connectivity index (χ1v) is 7.43. The van der Waals surface area contributed by atoms with Gasteiger partial charge in [-0.3, -0.25) is 9.69 Å². The molecule has 0 bridgehead atoms. The number of carbonyl (C=O) groups excluding carboxylic acids is 1. The molecular formula is C14H23N5O2. The number of hydrogen-bond acceptors (Lipinski definition) is 6. The van der Waals surface area contributed by atoms with Crippen LogP contribution in [0.15, 0.2) is 12.4 Å². The lowest BCUT2D eigenvalue weighted by Crippen LogP contribution is -2.49. The molecule has 0 atom stereocenters. The monoisotopic (exact) mass is 293 g/mol. The van der Waals surface area contributed by atoms with Crippen LogP contribution in [-0.4, -0.2) is 76.7 Å². The van der Waals surface area contributed by atoms with E-state index in [1.54, 1.807) is 11.1 Å². The summed E-state index contributed by atoms with van der Waals surface area (Å²) in [6, 6.07) is 0. The number of aromatic nitrogens is 2. The second kappa shape index (κ2) is 7.90. The minimum absolute atomic E-state index is 0.0758. The Bertz CT molecular complexity index is 443. The van der Waals surface area contributed by atoms with E-state index in [9.17, 15) is 4.79 Å². The average molecular weight is 293 g/mol. The number of aliphatic hydroxyl groups is 1. The summed E-state index contributed by atoms with van der Waals surface area (Å²) in [5.41, 5.74) is 0.382. The second-order valence-corrected chi connectivity index (χ2v) is 5.07. The van der Waals surface area contributed by atoms with Crippen molar-refractivity contribution in [1.82, 2.24) is 19.8 Å². The molecule has 2 N–H and O–H groups in total. The zero-order valence-corrected chi connectivity index (χ0v) is 12.5. The largest absolute Gasteiger partial charge is 0.395 e. The van der Waals surface area contributed by atoms with E-state index < -0.39 is 0 Å². The predicted octanol–water partition coefficient (Wildman–Crippen LogP) is 0.0486. The van der Waals surface area contributed by atoms with Crippen LogP contribution in [0.1, 0.15) is 23.8 Å². The molecule has 1 saturated heterocycles. The molecule has 0 aromatic carbocycles. The maximum absolute atomic E-state index is 12.3. The number of nitrogens with one attached hydrogen (secondary N) is 1. The number of amides is 1. The van der Waals surface area contributed by atoms with E-state index in [1.165, 1.54) is 6.20 Å². The van der Waals surface area contributed by atoms with Gasteiger partial charge in [0.15, 0.2) is 0 Å². The SMILES string of the molecule is CCCNc1cnc(C(=O)N2CCN(CCO)CC2)cn1. The number of nitrogens with zero attached hydrogens (tertiary/aromatic N) is 4. The highest BCUT2D eigenvalue weighted by molar-refractivity contribution is 5.92. The molecule has 0 aliphatic carbocycles. The summed E-state index contributed by atoms with van der Waals surface area (Å²) in [6.45, 7) is 6.65. The first kappa shape index (κ1) is 15.7. The van der Waals surface area contributed by atoms with Crippen LogP contribution in [-0.2, 0) is 0 Å². The molecule has 1 aromatic heterocycles. The Kier molecular flexibility index (Phi) is 5.89. The Balaban J connectivity index is 1.88. The second-order valence-electron chi connectivity index (χ2n) is 5.07. The van der Waals surface area contributed by atoms with Gasteiger partial charge in [0.05, 0.1) is 19.0 Å². The maximum atomic E-state index is 12.3. The van der Waals surface area contributed by atoms with Gasteiger partial charge >= 0.3 is 0 Å². The summed E-state index contributed by atoms with van der Waals surface area (Å²) in [5, 5.41) is 12.0. The minimum Gasteiger partial charge on any atom is -0.395 e. The molecule has 2 heterocycles. The zero-order chi connectivity index (χ0) is 15.1. The Morgan fingerprint density at radius 3 is 2.62 bits per heavy atom. The van der Waals surface area contributed by atoms with Crippen LogP contribution in [0.25, 0.3) is 0 Å². The third-order valence-corrected chi connectivity index (χ3v) is 3.50. The normalized spacial score (nSPS) is 16.0. The number of aliphatic hydroxyl groups excluding tert-OH is 1. The van der Waals surface area contributed by atoms with Gasteiger partial charge in [0.2, 0.25) is 0 Å². The van der Waals surface area contributed by atoms with Gasteiger partial charge in [-0.05, 0) is 6.42 Å². The molecule has 1 fully saturated rings. The standard InChI is InChI=1S/C14H23N5O2/c1-2-3-15-13-11-16-12(10-17-13)14(21)19-6-4-18(5-7-19)8-9-20/h10-11,20H,2-9H2,1H3,(H,15,17). The van der Waals surface area contributed by atoms with Crippen LogP contribution >= 0.6 is 0 Å². The highest BCUT2D eigenvalue weighted by Crippen LogP contribution is 2.08. The van der Waals surface area contributed by atoms with Crippen molar-refractivity contribution in [2.24, 2.45) is 0 Å². The summed E-state index contributed by atoms with van der Waals surface area (Å²) in [5.74, 6) is 0.620. The highest BCUT2D eigenvalue weighted by Gasteiger charge is 2.22. The number of piperazine rings is 1. The maximum Gasteiger partial charge on any atom is 0.274 e. The molecule has 1 aliphatic rings. The van der Waals surface area contributed by atoms with E-state index in [1.807, 2.05) is 0 Å². The van der Waals surface area contributed by atoms with E-state index >= 15 is 0 Å². The Hall–Kier alpha value is -1.73. The number of hydrogen-bond donors (Lipinski definition) is 2. The van der Waals surface area contributed by atoms with Crippen LogP contribution in [0.4, 0.5) is 5.82 Å². The zero-order valence-electron chi connectivity index (χ0n) is 12.5. The molecule has 1 aromatic rings. The molecule has 116 valence electrons. The van der Waals surface area contributed by atoms with Crippen LogP contribution in [0.3, 0.4) is 0 Å². The third-order valence-electron chi connectivity index (χ3n) is 3.50. The molecule has 7 heteroatoms. The molecule has 0 unspecified atom stereocenters. The van der Waals surface area contributed by atoms with Crippen molar-refractivity contribution in [2.75, 3.05) is 51.2 Å². The first-order valence-electron chi connectivity index (χ1n) is 7.43. The fourth-order valence-corrected chi connectivity index (χ4v) is 2.26. The van der Waals surface area contributed by atoms with Crippen LogP contribution in [0.2, 0.25) is 0 Å². The first-order chi connectivity index (χ1) is 10.2. The van der Waals surface area contributed by atoms with Crippen LogP contribution < -0.4 is 5.32 Å². The van der Waals surface area contributed by atoms with E-state index in [4.69, 9.17) is 5.11 Å². The Morgan fingerprint density at radius 2 is 2.05 bits per heavy atom. The van der Waals surface area contributed by atoms with Crippen molar-refractivity contribution in [3.05, 3.63) is 18.1 Å². The van der Waals surface area contributed by atoms with E-state index in [-0.39, 0.29) is 12.5 Å². The summed E-state index contributed by atoms with van der Waals surface area (Å²) in [4.78, 5) is 24.7. The summed E-state index contributed by atoms with van der Waals surface area (Å²) in [7, 11) is 0. The van der Waals surface area contributed by atoms with Crippen molar-refractivity contribution >= 4 is 11.7 Å². The van der Waals surface area contributed by atoms with Crippen molar-refractivity contribution in [2.45, 2.75) is 13.3 Å². The third kappa shape index (κ3) is 4.37. The molecule has 0 radical (unpaired) electrons. The number of β-amino-alcohol motifs (C(OH)–C–C–N with tert-alkyl or cyclic N) is 1. The molecule has 0 spiro atoms. The topological polar surface area (TPSA) is 81.6 Å². The van der Waals surface area contributed by atoms with Crippen molar-refractivity contribution in [3.8, 4) is 0 Å². The van der Waals surface area contributed by atoms with Gasteiger partial charge in [-0.1, -0.05) is 6.92 Å². The molecular weight excluding hydrogens is 270 g/mol. The fraction of sp³-hybridized carbons (Fsp3) is 0.643. The highest BCUT2D eigenvalue weighted by atomic mass is 16.3. The smallest absolute Gasteiger partial charge is 0.274 e.